The van der Waals surface area contributed by atoms with Crippen molar-refractivity contribution >= 4 is 11.8 Å². The number of imidazole rings is 1. The molecule has 26 heavy (non-hydrogen) atoms. The zero-order valence-corrected chi connectivity index (χ0v) is 14.8. The standard InChI is InChI=1S/C19H22N4O3/c1-26-15-6-4-13(5-7-15)18-20-12-16-19(25)21-11-14(23(16)18)10-17(24)22-8-2-3-9-22/h4-7,12,14H,2-3,8-11H2,1H3,(H,21,25). The highest BCUT2D eigenvalue weighted by atomic mass is 16.5. The van der Waals surface area contributed by atoms with Gasteiger partial charge in [0.1, 0.15) is 17.3 Å². The van der Waals surface area contributed by atoms with E-state index in [0.717, 1.165) is 37.2 Å². The second kappa shape index (κ2) is 6.82. The average molecular weight is 354 g/mol. The Balaban J connectivity index is 1.65. The molecule has 2 amide bonds. The third-order valence-corrected chi connectivity index (χ3v) is 5.11. The molecule has 0 saturated carbocycles. The lowest BCUT2D eigenvalue weighted by Gasteiger charge is -2.28. The number of methoxy groups -OCH3 is 1. The number of rotatable bonds is 4. The molecule has 7 heteroatoms. The van der Waals surface area contributed by atoms with Crippen molar-refractivity contribution < 1.29 is 14.3 Å². The van der Waals surface area contributed by atoms with Crippen molar-refractivity contribution in [2.75, 3.05) is 26.7 Å². The first-order chi connectivity index (χ1) is 12.7. The lowest BCUT2D eigenvalue weighted by Crippen LogP contribution is -2.41. The molecule has 1 saturated heterocycles. The lowest BCUT2D eigenvalue weighted by molar-refractivity contribution is -0.131. The minimum absolute atomic E-state index is 0.129. The summed E-state index contributed by atoms with van der Waals surface area (Å²) in [5, 5.41) is 2.88. The van der Waals surface area contributed by atoms with E-state index in [0.29, 0.717) is 24.5 Å². The Labute approximate surface area is 152 Å². The van der Waals surface area contributed by atoms with Crippen LogP contribution >= 0.6 is 0 Å². The molecule has 1 atom stereocenters. The average Bonchev–Trinajstić information content (AvgIpc) is 3.34. The van der Waals surface area contributed by atoms with E-state index in [1.54, 1.807) is 13.3 Å². The summed E-state index contributed by atoms with van der Waals surface area (Å²) < 4.78 is 7.12. The van der Waals surface area contributed by atoms with Gasteiger partial charge in [-0.3, -0.25) is 9.59 Å². The molecule has 136 valence electrons. The molecule has 2 aliphatic heterocycles. The lowest BCUT2D eigenvalue weighted by atomic mass is 10.1. The van der Waals surface area contributed by atoms with Gasteiger partial charge in [-0.25, -0.2) is 4.98 Å². The summed E-state index contributed by atoms with van der Waals surface area (Å²) in [5.41, 5.74) is 1.40. The van der Waals surface area contributed by atoms with Crippen LogP contribution in [0.5, 0.6) is 5.75 Å². The molecule has 0 bridgehead atoms. The quantitative estimate of drug-likeness (QED) is 0.909. The van der Waals surface area contributed by atoms with Gasteiger partial charge in [0.15, 0.2) is 0 Å². The van der Waals surface area contributed by atoms with E-state index in [2.05, 4.69) is 10.3 Å². The molecule has 0 radical (unpaired) electrons. The molecule has 1 unspecified atom stereocenters. The first-order valence-corrected chi connectivity index (χ1v) is 8.95. The summed E-state index contributed by atoms with van der Waals surface area (Å²) in [7, 11) is 1.62. The maximum absolute atomic E-state index is 12.6. The first kappa shape index (κ1) is 16.6. The molecule has 2 aliphatic rings. The predicted molar refractivity (Wildman–Crippen MR) is 96.0 cm³/mol. The van der Waals surface area contributed by atoms with E-state index in [1.165, 1.54) is 0 Å². The van der Waals surface area contributed by atoms with Crippen molar-refractivity contribution in [3.8, 4) is 17.1 Å². The number of hydrogen-bond donors (Lipinski definition) is 1. The van der Waals surface area contributed by atoms with Gasteiger partial charge < -0.3 is 19.5 Å². The normalized spacial score (nSPS) is 19.2. The molecular weight excluding hydrogens is 332 g/mol. The van der Waals surface area contributed by atoms with E-state index >= 15 is 0 Å². The molecule has 7 nitrogen and oxygen atoms in total. The number of carbonyl (C=O) groups is 2. The smallest absolute Gasteiger partial charge is 0.269 e. The van der Waals surface area contributed by atoms with Gasteiger partial charge in [0.05, 0.1) is 19.3 Å². The monoisotopic (exact) mass is 354 g/mol. The van der Waals surface area contributed by atoms with Crippen molar-refractivity contribution in [3.05, 3.63) is 36.2 Å². The van der Waals surface area contributed by atoms with Crippen molar-refractivity contribution in [2.24, 2.45) is 0 Å². The minimum Gasteiger partial charge on any atom is -0.497 e. The van der Waals surface area contributed by atoms with Gasteiger partial charge in [-0.1, -0.05) is 0 Å². The zero-order chi connectivity index (χ0) is 18.1. The van der Waals surface area contributed by atoms with Crippen LogP contribution in [0.1, 0.15) is 35.8 Å². The number of amides is 2. The predicted octanol–water partition coefficient (Wildman–Crippen LogP) is 1.86. The summed E-state index contributed by atoms with van der Waals surface area (Å²) >= 11 is 0. The summed E-state index contributed by atoms with van der Waals surface area (Å²) in [6, 6.07) is 7.44. The molecular formula is C19H22N4O3. The Kier molecular flexibility index (Phi) is 4.36. The zero-order valence-electron chi connectivity index (χ0n) is 14.8. The molecule has 1 N–H and O–H groups in total. The fraction of sp³-hybridized carbons (Fsp3) is 0.421. The number of benzene rings is 1. The Morgan fingerprint density at radius 1 is 1.27 bits per heavy atom. The number of nitrogens with one attached hydrogen (secondary N) is 1. The highest BCUT2D eigenvalue weighted by molar-refractivity contribution is 5.94. The van der Waals surface area contributed by atoms with Crippen LogP contribution in [0.2, 0.25) is 0 Å². The topological polar surface area (TPSA) is 76.5 Å². The third-order valence-electron chi connectivity index (χ3n) is 5.11. The highest BCUT2D eigenvalue weighted by Crippen LogP contribution is 2.29. The number of aromatic nitrogens is 2. The number of nitrogens with zero attached hydrogens (tertiary/aromatic N) is 3. The van der Waals surface area contributed by atoms with Crippen LogP contribution in [0.15, 0.2) is 30.5 Å². The van der Waals surface area contributed by atoms with E-state index in [4.69, 9.17) is 4.74 Å². The second-order valence-corrected chi connectivity index (χ2v) is 6.72. The first-order valence-electron chi connectivity index (χ1n) is 8.95. The number of hydrogen-bond acceptors (Lipinski definition) is 4. The maximum atomic E-state index is 12.6. The van der Waals surface area contributed by atoms with Crippen molar-refractivity contribution in [1.29, 1.82) is 0 Å². The van der Waals surface area contributed by atoms with Crippen LogP contribution in [0.4, 0.5) is 0 Å². The fourth-order valence-electron chi connectivity index (χ4n) is 3.71. The maximum Gasteiger partial charge on any atom is 0.269 e. The third kappa shape index (κ3) is 2.94. The van der Waals surface area contributed by atoms with Crippen LogP contribution in [0.25, 0.3) is 11.4 Å². The Hall–Kier alpha value is -2.83. The molecule has 1 fully saturated rings. The number of ether oxygens (including phenoxy) is 1. The minimum atomic E-state index is -0.151. The van der Waals surface area contributed by atoms with Gasteiger partial charge in [0.2, 0.25) is 5.91 Å². The Morgan fingerprint density at radius 2 is 2.00 bits per heavy atom. The second-order valence-electron chi connectivity index (χ2n) is 6.72. The van der Waals surface area contributed by atoms with Crippen molar-refractivity contribution in [1.82, 2.24) is 19.8 Å². The SMILES string of the molecule is COc1ccc(-c2ncc3n2C(CC(=O)N2CCCC2)CNC3=O)cc1. The number of carbonyl (C=O) groups excluding carboxylic acids is 2. The molecule has 0 aliphatic carbocycles. The fourth-order valence-corrected chi connectivity index (χ4v) is 3.71. The molecule has 3 heterocycles. The van der Waals surface area contributed by atoms with Crippen molar-refractivity contribution in [3.63, 3.8) is 0 Å². The van der Waals surface area contributed by atoms with Crippen LogP contribution in [-0.2, 0) is 4.79 Å². The van der Waals surface area contributed by atoms with Gasteiger partial charge >= 0.3 is 0 Å². The molecule has 0 spiro atoms. The summed E-state index contributed by atoms with van der Waals surface area (Å²) in [4.78, 5) is 31.2. The Bertz CT molecular complexity index is 822. The highest BCUT2D eigenvalue weighted by Gasteiger charge is 2.31. The van der Waals surface area contributed by atoms with Crippen LogP contribution in [0.3, 0.4) is 0 Å². The van der Waals surface area contributed by atoms with E-state index in [1.807, 2.05) is 33.7 Å². The summed E-state index contributed by atoms with van der Waals surface area (Å²) in [5.74, 6) is 1.46. The van der Waals surface area contributed by atoms with E-state index in [9.17, 15) is 9.59 Å². The summed E-state index contributed by atoms with van der Waals surface area (Å²) in [6.07, 6.45) is 4.09. The van der Waals surface area contributed by atoms with E-state index < -0.39 is 0 Å². The van der Waals surface area contributed by atoms with Gasteiger partial charge in [-0.15, -0.1) is 0 Å². The van der Waals surface area contributed by atoms with Gasteiger partial charge in [-0.2, -0.15) is 0 Å². The number of likely N-dealkylation sites (tertiary alicyclic amines) is 1. The van der Waals surface area contributed by atoms with Gasteiger partial charge in [0.25, 0.3) is 5.91 Å². The van der Waals surface area contributed by atoms with Crippen LogP contribution in [-0.4, -0.2) is 53.0 Å². The molecule has 1 aromatic carbocycles. The van der Waals surface area contributed by atoms with Gasteiger partial charge in [-0.05, 0) is 37.1 Å². The molecule has 2 aromatic rings. The van der Waals surface area contributed by atoms with Crippen LogP contribution < -0.4 is 10.1 Å². The molecule has 1 aromatic heterocycles. The number of fused-ring (bicyclic) bond motifs is 1. The molecule has 4 rings (SSSR count). The van der Waals surface area contributed by atoms with Crippen LogP contribution in [0, 0.1) is 0 Å². The Morgan fingerprint density at radius 3 is 2.69 bits per heavy atom. The summed E-state index contributed by atoms with van der Waals surface area (Å²) in [6.45, 7) is 2.10. The van der Waals surface area contributed by atoms with Crippen molar-refractivity contribution in [2.45, 2.75) is 25.3 Å². The van der Waals surface area contributed by atoms with Gasteiger partial charge in [0, 0.05) is 31.6 Å². The van der Waals surface area contributed by atoms with E-state index in [-0.39, 0.29) is 17.9 Å². The largest absolute Gasteiger partial charge is 0.497 e.